The zero-order valence-corrected chi connectivity index (χ0v) is 15.8. The van der Waals surface area contributed by atoms with E-state index < -0.39 is 7.75 Å². The molecule has 0 aromatic heterocycles. The molecule has 1 aromatic rings. The maximum atomic E-state index is 11.1. The van der Waals surface area contributed by atoms with E-state index in [-0.39, 0.29) is 12.5 Å². The average Bonchev–Trinajstić information content (AvgIpc) is 3.13. The lowest BCUT2D eigenvalue weighted by Crippen LogP contribution is -2.10. The molecule has 1 saturated carbocycles. The molecule has 0 spiro atoms. The molecule has 146 valence electrons. The minimum absolute atomic E-state index is 0.0836. The quantitative estimate of drug-likeness (QED) is 0.333. The van der Waals surface area contributed by atoms with Crippen LogP contribution in [0.2, 0.25) is 0 Å². The van der Waals surface area contributed by atoms with Crippen LogP contribution in [0.4, 0.5) is 0 Å². The highest BCUT2D eigenvalue weighted by molar-refractivity contribution is 7.51. The summed E-state index contributed by atoms with van der Waals surface area (Å²) in [6.07, 6.45) is 2.72. The van der Waals surface area contributed by atoms with Gasteiger partial charge in [-0.15, -0.1) is 4.91 Å². The predicted molar refractivity (Wildman–Crippen MR) is 96.3 cm³/mol. The number of rotatable bonds is 12. The van der Waals surface area contributed by atoms with Gasteiger partial charge in [-0.05, 0) is 48.8 Å². The van der Waals surface area contributed by atoms with Crippen molar-refractivity contribution < 1.29 is 28.2 Å². The Morgan fingerprint density at radius 1 is 1.15 bits per heavy atom. The second-order valence-corrected chi connectivity index (χ2v) is 7.67. The van der Waals surface area contributed by atoms with Crippen LogP contribution in [0.3, 0.4) is 0 Å². The standard InChI is InChI=1S/C17H26NO7P/c1-22-8-9-23-10-11-24-17-6-4-15(5-7-17)16-3-2-14(12-16)13-25-26(20,21)18-19/h4-7,14,16H,2-3,8-13H2,1H3,(H,20,21)/t14-,16?/m0/s1. The Bertz CT molecular complexity index is 595. The van der Waals surface area contributed by atoms with Crippen LogP contribution < -0.4 is 4.74 Å². The van der Waals surface area contributed by atoms with Crippen molar-refractivity contribution in [1.29, 1.82) is 0 Å². The molecule has 9 heteroatoms. The Hall–Kier alpha value is -1.31. The van der Waals surface area contributed by atoms with Crippen molar-refractivity contribution in [2.75, 3.05) is 40.1 Å². The third-order valence-electron chi connectivity index (χ3n) is 4.40. The third-order valence-corrected chi connectivity index (χ3v) is 5.09. The summed E-state index contributed by atoms with van der Waals surface area (Å²) in [6, 6.07) is 7.96. The van der Waals surface area contributed by atoms with Gasteiger partial charge in [-0.25, -0.2) is 4.57 Å². The van der Waals surface area contributed by atoms with Gasteiger partial charge < -0.3 is 19.1 Å². The molecule has 0 saturated heterocycles. The molecule has 0 aliphatic heterocycles. The van der Waals surface area contributed by atoms with E-state index in [4.69, 9.17) is 23.6 Å². The van der Waals surface area contributed by atoms with Gasteiger partial charge in [-0.2, -0.15) is 0 Å². The second-order valence-electron chi connectivity index (χ2n) is 6.27. The van der Waals surface area contributed by atoms with Gasteiger partial charge in [0, 0.05) is 12.1 Å². The molecule has 0 bridgehead atoms. The lowest BCUT2D eigenvalue weighted by Gasteiger charge is -2.13. The van der Waals surface area contributed by atoms with E-state index in [1.807, 2.05) is 24.3 Å². The summed E-state index contributed by atoms with van der Waals surface area (Å²) in [7, 11) is -2.68. The monoisotopic (exact) mass is 387 g/mol. The summed E-state index contributed by atoms with van der Waals surface area (Å²) >= 11 is 0. The first-order valence-corrected chi connectivity index (χ1v) is 10.2. The van der Waals surface area contributed by atoms with Gasteiger partial charge in [0.1, 0.15) is 12.4 Å². The third kappa shape index (κ3) is 7.13. The molecular weight excluding hydrogens is 361 g/mol. The molecular formula is C17H26NO7P. The Kier molecular flexibility index (Phi) is 8.68. The van der Waals surface area contributed by atoms with E-state index >= 15 is 0 Å². The van der Waals surface area contributed by atoms with Crippen LogP contribution in [-0.2, 0) is 18.6 Å². The van der Waals surface area contributed by atoms with Gasteiger partial charge >= 0.3 is 7.75 Å². The summed E-state index contributed by atoms with van der Waals surface area (Å²) in [5.74, 6) is 1.32. The SMILES string of the molecule is COCCOCCOc1ccc(C2CC[C@H](COP(=O)(O)N=O)C2)cc1. The molecule has 1 aliphatic carbocycles. The van der Waals surface area contributed by atoms with Gasteiger partial charge in [-0.1, -0.05) is 12.1 Å². The normalized spacial score (nSPS) is 22.1. The first-order chi connectivity index (χ1) is 12.5. The lowest BCUT2D eigenvalue weighted by molar-refractivity contribution is 0.0544. The Labute approximate surface area is 153 Å². The molecule has 1 N–H and O–H groups in total. The number of ether oxygens (including phenoxy) is 3. The zero-order valence-electron chi connectivity index (χ0n) is 14.9. The fourth-order valence-electron chi connectivity index (χ4n) is 3.05. The van der Waals surface area contributed by atoms with Crippen molar-refractivity contribution in [3.63, 3.8) is 0 Å². The molecule has 3 atom stereocenters. The number of hydrogen-bond acceptors (Lipinski definition) is 6. The summed E-state index contributed by atoms with van der Waals surface area (Å²) in [5.41, 5.74) is 1.21. The number of benzene rings is 1. The lowest BCUT2D eigenvalue weighted by atomic mass is 9.96. The number of nitrogens with zero attached hydrogens (tertiary/aromatic N) is 1. The highest BCUT2D eigenvalue weighted by atomic mass is 31.2. The summed E-state index contributed by atoms with van der Waals surface area (Å²) in [5, 5.41) is 0. The first kappa shape index (κ1) is 21.0. The summed E-state index contributed by atoms with van der Waals surface area (Å²) < 4.78 is 31.7. The van der Waals surface area contributed by atoms with Gasteiger partial charge in [0.2, 0.25) is 0 Å². The van der Waals surface area contributed by atoms with E-state index in [2.05, 4.69) is 4.95 Å². The zero-order chi connectivity index (χ0) is 18.8. The molecule has 0 radical (unpaired) electrons. The summed E-state index contributed by atoms with van der Waals surface area (Å²) in [6.45, 7) is 2.21. The molecule has 2 rings (SSSR count). The molecule has 8 nitrogen and oxygen atoms in total. The Balaban J connectivity index is 1.71. The van der Waals surface area contributed by atoms with Gasteiger partial charge in [0.05, 0.1) is 26.4 Å². The Morgan fingerprint density at radius 2 is 1.88 bits per heavy atom. The Morgan fingerprint density at radius 3 is 2.58 bits per heavy atom. The highest BCUT2D eigenvalue weighted by Gasteiger charge is 2.29. The van der Waals surface area contributed by atoms with E-state index in [1.54, 1.807) is 7.11 Å². The smallest absolute Gasteiger partial charge is 0.487 e. The van der Waals surface area contributed by atoms with E-state index in [0.717, 1.165) is 25.0 Å². The van der Waals surface area contributed by atoms with Crippen LogP contribution >= 0.6 is 7.75 Å². The van der Waals surface area contributed by atoms with Crippen LogP contribution in [0.15, 0.2) is 29.2 Å². The van der Waals surface area contributed by atoms with Crippen LogP contribution in [0, 0.1) is 10.8 Å². The van der Waals surface area contributed by atoms with Crippen LogP contribution in [0.25, 0.3) is 0 Å². The van der Waals surface area contributed by atoms with Gasteiger partial charge in [0.25, 0.3) is 0 Å². The summed E-state index contributed by atoms with van der Waals surface area (Å²) in [4.78, 5) is 21.4. The molecule has 1 fully saturated rings. The molecule has 0 heterocycles. The predicted octanol–water partition coefficient (Wildman–Crippen LogP) is 3.50. The maximum Gasteiger partial charge on any atom is 0.487 e. The molecule has 0 amide bonds. The van der Waals surface area contributed by atoms with Crippen LogP contribution in [-0.4, -0.2) is 45.0 Å². The van der Waals surface area contributed by atoms with Crippen LogP contribution in [0.5, 0.6) is 5.75 Å². The van der Waals surface area contributed by atoms with E-state index in [9.17, 15) is 9.47 Å². The van der Waals surface area contributed by atoms with Crippen molar-refractivity contribution in [3.8, 4) is 5.75 Å². The van der Waals surface area contributed by atoms with Crippen molar-refractivity contribution in [3.05, 3.63) is 34.7 Å². The van der Waals surface area contributed by atoms with Gasteiger partial charge in [-0.3, -0.25) is 4.52 Å². The number of nitroso groups, excluding NO2 is 1. The van der Waals surface area contributed by atoms with Gasteiger partial charge in [0.15, 0.2) is 0 Å². The van der Waals surface area contributed by atoms with E-state index in [0.29, 0.717) is 32.3 Å². The molecule has 2 unspecified atom stereocenters. The molecule has 26 heavy (non-hydrogen) atoms. The topological polar surface area (TPSA) is 104 Å². The van der Waals surface area contributed by atoms with E-state index in [1.165, 1.54) is 5.56 Å². The maximum absolute atomic E-state index is 11.1. The fourth-order valence-corrected chi connectivity index (χ4v) is 3.51. The average molecular weight is 387 g/mol. The second kappa shape index (κ2) is 10.7. The molecule has 1 aromatic carbocycles. The van der Waals surface area contributed by atoms with Crippen molar-refractivity contribution >= 4 is 7.75 Å². The number of hydrogen-bond donors (Lipinski definition) is 1. The first-order valence-electron chi connectivity index (χ1n) is 8.65. The van der Waals surface area contributed by atoms with Crippen molar-refractivity contribution in [2.24, 2.45) is 10.9 Å². The molecule has 1 aliphatic rings. The highest BCUT2D eigenvalue weighted by Crippen LogP contribution is 2.46. The largest absolute Gasteiger partial charge is 0.491 e. The van der Waals surface area contributed by atoms with Crippen molar-refractivity contribution in [1.82, 2.24) is 0 Å². The van der Waals surface area contributed by atoms with Crippen molar-refractivity contribution in [2.45, 2.75) is 25.2 Å². The minimum Gasteiger partial charge on any atom is -0.491 e. The number of methoxy groups -OCH3 is 1. The van der Waals surface area contributed by atoms with Crippen LogP contribution in [0.1, 0.15) is 30.7 Å². The minimum atomic E-state index is -4.31. The fraction of sp³-hybridized carbons (Fsp3) is 0.647.